The second-order valence-corrected chi connectivity index (χ2v) is 9.46. The summed E-state index contributed by atoms with van der Waals surface area (Å²) in [5.41, 5.74) is -0.509. The van der Waals surface area contributed by atoms with Gasteiger partial charge in [-0.05, 0) is 55.2 Å². The predicted octanol–water partition coefficient (Wildman–Crippen LogP) is 5.16. The maximum absolute atomic E-state index is 13.3. The summed E-state index contributed by atoms with van der Waals surface area (Å²) in [5.74, 6) is 1.27. The van der Waals surface area contributed by atoms with Crippen molar-refractivity contribution in [2.75, 3.05) is 10.6 Å². The molecule has 0 bridgehead atoms. The average molecular weight is 510 g/mol. The number of amides is 3. The number of fused-ring (bicyclic) bond motifs is 2. The Morgan fingerprint density at radius 1 is 1.16 bits per heavy atom. The fraction of sp³-hybridized carbons (Fsp3) is 0.269. The number of phenols is 1. The van der Waals surface area contributed by atoms with E-state index >= 15 is 0 Å². The van der Waals surface area contributed by atoms with Crippen molar-refractivity contribution < 1.29 is 32.6 Å². The van der Waals surface area contributed by atoms with Crippen LogP contribution in [0.25, 0.3) is 0 Å². The molecule has 3 atom stereocenters. The van der Waals surface area contributed by atoms with Crippen molar-refractivity contribution in [2.45, 2.75) is 36.9 Å². The molecule has 0 radical (unpaired) electrons. The molecule has 2 heterocycles. The third-order valence-corrected chi connectivity index (χ3v) is 7.17. The number of carbonyl (C=O) groups is 2. The first-order valence-corrected chi connectivity index (χ1v) is 11.7. The van der Waals surface area contributed by atoms with Crippen LogP contribution in [0, 0.1) is 5.92 Å². The summed E-state index contributed by atoms with van der Waals surface area (Å²) in [7, 11) is 0. The molecule has 2 aromatic carbocycles. The van der Waals surface area contributed by atoms with Crippen molar-refractivity contribution in [1.29, 1.82) is 0 Å². The minimum atomic E-state index is -4.60. The average Bonchev–Trinajstić information content (AvgIpc) is 3.70. The lowest BCUT2D eigenvalue weighted by atomic mass is 9.99. The summed E-state index contributed by atoms with van der Waals surface area (Å²) in [6.45, 7) is 0. The first kappa shape index (κ1) is 23.1. The van der Waals surface area contributed by atoms with E-state index in [1.165, 1.54) is 30.5 Å². The SMILES string of the molecule is O=C1CCc2c(Oc3ccc(O)c([C@@H]4[C@@H]5C[C@@]45NC(=O)Nc4ccccc4C(F)(F)F)c3)ccnc2N1. The Kier molecular flexibility index (Phi) is 5.08. The van der Waals surface area contributed by atoms with E-state index in [0.29, 0.717) is 42.1 Å². The minimum absolute atomic E-state index is 0.0394. The molecule has 2 fully saturated rings. The van der Waals surface area contributed by atoms with E-state index in [1.54, 1.807) is 18.2 Å². The minimum Gasteiger partial charge on any atom is -0.508 e. The molecule has 3 aromatic rings. The van der Waals surface area contributed by atoms with Gasteiger partial charge in [0.15, 0.2) is 0 Å². The number of hydrogen-bond acceptors (Lipinski definition) is 5. The van der Waals surface area contributed by atoms with E-state index < -0.39 is 23.3 Å². The van der Waals surface area contributed by atoms with Crippen LogP contribution >= 0.6 is 0 Å². The Bertz CT molecular complexity index is 1440. The number of nitrogens with zero attached hydrogens (tertiary/aromatic N) is 1. The number of phenolic OH excluding ortho intramolecular Hbond substituents is 1. The molecule has 1 aromatic heterocycles. The summed E-state index contributed by atoms with van der Waals surface area (Å²) < 4.78 is 45.8. The molecule has 0 spiro atoms. The number of ether oxygens (including phenoxy) is 1. The first-order valence-electron chi connectivity index (χ1n) is 11.7. The number of hydrogen-bond donors (Lipinski definition) is 4. The highest BCUT2D eigenvalue weighted by Gasteiger charge is 2.80. The number of nitrogens with one attached hydrogen (secondary N) is 3. The van der Waals surface area contributed by atoms with Crippen molar-refractivity contribution in [3.8, 4) is 17.2 Å². The highest BCUT2D eigenvalue weighted by Crippen LogP contribution is 2.77. The second-order valence-electron chi connectivity index (χ2n) is 9.46. The molecule has 6 rings (SSSR count). The Morgan fingerprint density at radius 3 is 2.76 bits per heavy atom. The molecule has 37 heavy (non-hydrogen) atoms. The molecule has 190 valence electrons. The Labute approximate surface area is 208 Å². The topological polar surface area (TPSA) is 113 Å². The van der Waals surface area contributed by atoms with Crippen molar-refractivity contribution in [2.24, 2.45) is 5.92 Å². The number of halogens is 3. The van der Waals surface area contributed by atoms with Crippen molar-refractivity contribution in [1.82, 2.24) is 10.3 Å². The number of aromatic nitrogens is 1. The van der Waals surface area contributed by atoms with Crippen LogP contribution in [-0.4, -0.2) is 27.6 Å². The molecule has 3 amide bonds. The van der Waals surface area contributed by atoms with Crippen molar-refractivity contribution in [3.05, 3.63) is 71.4 Å². The lowest BCUT2D eigenvalue weighted by Crippen LogP contribution is -2.36. The maximum atomic E-state index is 13.3. The molecule has 0 unspecified atom stereocenters. The molecular formula is C26H21F3N4O4. The van der Waals surface area contributed by atoms with E-state index in [2.05, 4.69) is 20.9 Å². The van der Waals surface area contributed by atoms with Gasteiger partial charge in [-0.3, -0.25) is 4.79 Å². The molecule has 0 saturated heterocycles. The highest BCUT2D eigenvalue weighted by atomic mass is 19.4. The van der Waals surface area contributed by atoms with Gasteiger partial charge >= 0.3 is 12.2 Å². The monoisotopic (exact) mass is 510 g/mol. The third-order valence-electron chi connectivity index (χ3n) is 7.17. The van der Waals surface area contributed by atoms with E-state index in [4.69, 9.17) is 4.74 Å². The Hall–Kier alpha value is -4.28. The normalized spacial score (nSPS) is 23.3. The zero-order valence-electron chi connectivity index (χ0n) is 19.2. The van der Waals surface area contributed by atoms with Gasteiger partial charge in [0.25, 0.3) is 0 Å². The summed E-state index contributed by atoms with van der Waals surface area (Å²) in [6, 6.07) is 10.6. The third kappa shape index (κ3) is 4.09. The van der Waals surface area contributed by atoms with Gasteiger partial charge in [-0.2, -0.15) is 13.2 Å². The smallest absolute Gasteiger partial charge is 0.418 e. The zero-order valence-corrected chi connectivity index (χ0v) is 19.2. The molecule has 11 heteroatoms. The van der Waals surface area contributed by atoms with Crippen LogP contribution in [0.2, 0.25) is 0 Å². The van der Waals surface area contributed by atoms with Crippen LogP contribution < -0.4 is 20.7 Å². The number of aromatic hydroxyl groups is 1. The zero-order chi connectivity index (χ0) is 25.9. The van der Waals surface area contributed by atoms with E-state index in [9.17, 15) is 27.9 Å². The van der Waals surface area contributed by atoms with Gasteiger partial charge < -0.3 is 25.8 Å². The van der Waals surface area contributed by atoms with Crippen LogP contribution in [0.1, 0.15) is 35.4 Å². The quantitative estimate of drug-likeness (QED) is 0.379. The molecular weight excluding hydrogens is 489 g/mol. The number of urea groups is 1. The molecule has 1 aliphatic heterocycles. The van der Waals surface area contributed by atoms with Gasteiger partial charge in [0.2, 0.25) is 5.91 Å². The van der Waals surface area contributed by atoms with Crippen LogP contribution in [0.3, 0.4) is 0 Å². The van der Waals surface area contributed by atoms with Crippen LogP contribution in [-0.2, 0) is 17.4 Å². The number of rotatable bonds is 5. The van der Waals surface area contributed by atoms with Gasteiger partial charge in [0.05, 0.1) is 16.8 Å². The van der Waals surface area contributed by atoms with Crippen LogP contribution in [0.4, 0.5) is 29.5 Å². The summed E-state index contributed by atoms with van der Waals surface area (Å²) >= 11 is 0. The fourth-order valence-electron chi connectivity index (χ4n) is 5.15. The standard InChI is InChI=1S/C26H21F3N4O4/c27-26(28,29)16-3-1-2-4-18(16)31-24(36)33-25-12-17(25)22(25)15-11-13(5-7-19(15)34)37-20-9-10-30-23-14(20)6-8-21(35)32-23/h1-5,7,9-11,17,22,34H,6,8,12H2,(H,30,32,35)(H2,31,33,36)/t17-,22+,25-/m0/s1. The number of carbonyl (C=O) groups excluding carboxylic acids is 2. The number of pyridine rings is 1. The molecule has 3 aliphatic rings. The van der Waals surface area contributed by atoms with Gasteiger partial charge in [-0.15, -0.1) is 0 Å². The molecule has 8 nitrogen and oxygen atoms in total. The van der Waals surface area contributed by atoms with E-state index in [0.717, 1.165) is 11.6 Å². The number of benzene rings is 2. The summed E-state index contributed by atoms with van der Waals surface area (Å²) in [6.07, 6.45) is -1.60. The van der Waals surface area contributed by atoms with E-state index in [1.807, 2.05) is 0 Å². The molecule has 2 aliphatic carbocycles. The molecule has 2 saturated carbocycles. The lowest BCUT2D eigenvalue weighted by molar-refractivity contribution is -0.136. The molecule has 4 N–H and O–H groups in total. The van der Waals surface area contributed by atoms with Crippen molar-refractivity contribution in [3.63, 3.8) is 0 Å². The Morgan fingerprint density at radius 2 is 1.97 bits per heavy atom. The van der Waals surface area contributed by atoms with Gasteiger partial charge in [-0.1, -0.05) is 12.1 Å². The number of anilines is 2. The summed E-state index contributed by atoms with van der Waals surface area (Å²) in [4.78, 5) is 28.4. The predicted molar refractivity (Wildman–Crippen MR) is 127 cm³/mol. The maximum Gasteiger partial charge on any atom is 0.418 e. The van der Waals surface area contributed by atoms with Gasteiger partial charge in [0, 0.05) is 29.7 Å². The van der Waals surface area contributed by atoms with Crippen LogP contribution in [0.15, 0.2) is 54.7 Å². The Balaban J connectivity index is 1.17. The largest absolute Gasteiger partial charge is 0.508 e. The van der Waals surface area contributed by atoms with Gasteiger partial charge in [0.1, 0.15) is 23.1 Å². The number of para-hydroxylation sites is 1. The van der Waals surface area contributed by atoms with Crippen LogP contribution in [0.5, 0.6) is 17.2 Å². The fourth-order valence-corrected chi connectivity index (χ4v) is 5.15. The van der Waals surface area contributed by atoms with Gasteiger partial charge in [-0.25, -0.2) is 9.78 Å². The van der Waals surface area contributed by atoms with Crippen molar-refractivity contribution >= 4 is 23.4 Å². The van der Waals surface area contributed by atoms with E-state index in [-0.39, 0.29) is 29.2 Å². The first-order chi connectivity index (χ1) is 17.7. The highest BCUT2D eigenvalue weighted by molar-refractivity contribution is 5.93. The summed E-state index contributed by atoms with van der Waals surface area (Å²) in [5, 5.41) is 18.3. The number of alkyl halides is 3. The second kappa shape index (κ2) is 8.12. The lowest BCUT2D eigenvalue weighted by Gasteiger charge is -2.20.